The lowest BCUT2D eigenvalue weighted by atomic mass is 9.99. The fraction of sp³-hybridized carbons (Fsp3) is 0.292. The molecule has 3 aromatic rings. The van der Waals surface area contributed by atoms with E-state index in [0.29, 0.717) is 5.39 Å². The van der Waals surface area contributed by atoms with Crippen LogP contribution in [0.25, 0.3) is 21.9 Å². The number of anilines is 2. The number of carbonyl (C=O) groups is 2. The molecule has 0 aliphatic heterocycles. The molecule has 1 fully saturated rings. The number of hydrogen-bond donors (Lipinski definition) is 2. The van der Waals surface area contributed by atoms with Crippen molar-refractivity contribution in [2.45, 2.75) is 39.0 Å². The molecule has 2 atom stereocenters. The van der Waals surface area contributed by atoms with E-state index in [4.69, 9.17) is 27.9 Å². The van der Waals surface area contributed by atoms with Gasteiger partial charge in [-0.25, -0.2) is 18.6 Å². The summed E-state index contributed by atoms with van der Waals surface area (Å²) in [4.78, 5) is 28.7. The van der Waals surface area contributed by atoms with E-state index in [9.17, 15) is 14.0 Å². The fourth-order valence-corrected chi connectivity index (χ4v) is 4.06. The van der Waals surface area contributed by atoms with E-state index >= 15 is 4.39 Å². The Morgan fingerprint density at radius 2 is 1.79 bits per heavy atom. The molecule has 6 nitrogen and oxygen atoms in total. The minimum absolute atomic E-state index is 0.0312. The highest BCUT2D eigenvalue weighted by atomic mass is 35.5. The highest BCUT2D eigenvalue weighted by Gasteiger charge is 2.43. The number of benzene rings is 2. The smallest absolute Gasteiger partial charge is 0.412 e. The van der Waals surface area contributed by atoms with Crippen LogP contribution in [-0.4, -0.2) is 28.8 Å². The van der Waals surface area contributed by atoms with Gasteiger partial charge in [0.2, 0.25) is 5.91 Å². The summed E-state index contributed by atoms with van der Waals surface area (Å²) in [5, 5.41) is 6.12. The number of fused-ring (bicyclic) bond motifs is 1. The van der Waals surface area contributed by atoms with Crippen LogP contribution in [-0.2, 0) is 9.53 Å². The van der Waals surface area contributed by atoms with Crippen LogP contribution in [0.5, 0.6) is 0 Å². The van der Waals surface area contributed by atoms with Gasteiger partial charge in [-0.3, -0.25) is 10.1 Å². The zero-order valence-electron chi connectivity index (χ0n) is 18.5. The van der Waals surface area contributed by atoms with Gasteiger partial charge in [-0.2, -0.15) is 0 Å². The number of aromatic nitrogens is 1. The largest absolute Gasteiger partial charge is 0.444 e. The molecule has 0 unspecified atom stereocenters. The Hall–Kier alpha value is -2.97. The monoisotopic (exact) mass is 507 g/mol. The molecule has 1 saturated carbocycles. The number of rotatable bonds is 4. The molecule has 2 N–H and O–H groups in total. The van der Waals surface area contributed by atoms with E-state index < -0.39 is 35.5 Å². The maximum atomic E-state index is 15.8. The van der Waals surface area contributed by atoms with Gasteiger partial charge in [0.15, 0.2) is 5.82 Å². The summed E-state index contributed by atoms with van der Waals surface area (Å²) in [6.45, 7) is 5.04. The van der Waals surface area contributed by atoms with Crippen molar-refractivity contribution in [3.05, 3.63) is 52.4 Å². The molecule has 2 aromatic carbocycles. The molecule has 1 aliphatic rings. The van der Waals surface area contributed by atoms with Crippen molar-refractivity contribution in [3.8, 4) is 11.1 Å². The predicted molar refractivity (Wildman–Crippen MR) is 129 cm³/mol. The lowest BCUT2D eigenvalue weighted by molar-refractivity contribution is -0.117. The van der Waals surface area contributed by atoms with Gasteiger partial charge in [0.1, 0.15) is 17.6 Å². The van der Waals surface area contributed by atoms with Gasteiger partial charge in [-0.05, 0) is 56.8 Å². The van der Waals surface area contributed by atoms with Gasteiger partial charge in [0, 0.05) is 32.8 Å². The van der Waals surface area contributed by atoms with E-state index in [1.807, 2.05) is 0 Å². The van der Waals surface area contributed by atoms with Crippen molar-refractivity contribution < 1.29 is 23.1 Å². The number of amides is 2. The molecular weight excluding hydrogens is 487 g/mol. The zero-order valence-corrected chi connectivity index (χ0v) is 20.0. The van der Waals surface area contributed by atoms with E-state index in [1.54, 1.807) is 39.0 Å². The van der Waals surface area contributed by atoms with Crippen molar-refractivity contribution in [1.82, 2.24) is 4.98 Å². The van der Waals surface area contributed by atoms with Crippen molar-refractivity contribution in [1.29, 1.82) is 0 Å². The highest BCUT2D eigenvalue weighted by molar-refractivity contribution is 6.39. The Kier molecular flexibility index (Phi) is 6.40. The first-order chi connectivity index (χ1) is 15.9. The van der Waals surface area contributed by atoms with Crippen molar-refractivity contribution in [2.75, 3.05) is 10.6 Å². The number of halogens is 4. The molecule has 2 amide bonds. The summed E-state index contributed by atoms with van der Waals surface area (Å²) in [7, 11) is 0. The number of hydrogen-bond acceptors (Lipinski definition) is 4. The van der Waals surface area contributed by atoms with E-state index in [0.717, 1.165) is 0 Å². The second kappa shape index (κ2) is 9.00. The number of nitrogens with one attached hydrogen (secondary N) is 2. The molecule has 34 heavy (non-hydrogen) atoms. The summed E-state index contributed by atoms with van der Waals surface area (Å²) < 4.78 is 34.3. The highest BCUT2D eigenvalue weighted by Crippen LogP contribution is 2.42. The lowest BCUT2D eigenvalue weighted by Gasteiger charge is -2.21. The second-order valence-electron chi connectivity index (χ2n) is 8.97. The van der Waals surface area contributed by atoms with E-state index in [1.165, 1.54) is 18.3 Å². The molecule has 1 aliphatic carbocycles. The minimum atomic E-state index is -1.16. The van der Waals surface area contributed by atoms with Gasteiger partial charge >= 0.3 is 6.09 Å². The molecule has 0 spiro atoms. The SMILES string of the molecule is CC(C)(C)OC(=O)Nc1c(F)c(-c2c(Cl)cccc2Cl)cc2cc(NC(=O)[C@@H]3C[C@H]3F)ncc12. The van der Waals surface area contributed by atoms with Gasteiger partial charge in [0.25, 0.3) is 0 Å². The first-order valence-corrected chi connectivity index (χ1v) is 11.2. The molecule has 0 radical (unpaired) electrons. The molecular formula is C24H21Cl2F2N3O3. The van der Waals surface area contributed by atoms with Crippen LogP contribution in [0.3, 0.4) is 0 Å². The van der Waals surface area contributed by atoms with Crippen LogP contribution in [0, 0.1) is 11.7 Å². The average molecular weight is 508 g/mol. The van der Waals surface area contributed by atoms with Gasteiger partial charge in [-0.15, -0.1) is 0 Å². The Balaban J connectivity index is 1.84. The van der Waals surface area contributed by atoms with Gasteiger partial charge in [0.05, 0.1) is 11.6 Å². The molecule has 0 bridgehead atoms. The zero-order chi connectivity index (χ0) is 24.8. The Labute approximate surface area is 204 Å². The molecule has 178 valence electrons. The lowest BCUT2D eigenvalue weighted by Crippen LogP contribution is -2.27. The third-order valence-electron chi connectivity index (χ3n) is 5.12. The number of pyridine rings is 1. The third-order valence-corrected chi connectivity index (χ3v) is 5.75. The molecule has 0 saturated heterocycles. The van der Waals surface area contributed by atoms with Crippen LogP contribution in [0.2, 0.25) is 10.0 Å². The quantitative estimate of drug-likeness (QED) is 0.398. The molecule has 1 aromatic heterocycles. The summed E-state index contributed by atoms with van der Waals surface area (Å²) in [5.74, 6) is -1.82. The standard InChI is InChI=1S/C24H21Cl2F2N3O3/c1-24(2,3)34-23(33)31-21-14-10-29-18(30-22(32)12-9-17(12)27)8-11(14)7-13(20(21)28)19-15(25)5-4-6-16(19)26/h4-8,10,12,17H,9H2,1-3H3,(H,31,33)(H,29,30,32)/t12-,17-/m1/s1. The summed E-state index contributed by atoms with van der Waals surface area (Å²) in [6.07, 6.45) is -0.550. The minimum Gasteiger partial charge on any atom is -0.444 e. The Morgan fingerprint density at radius 3 is 2.38 bits per heavy atom. The molecule has 4 rings (SSSR count). The number of ether oxygens (including phenoxy) is 1. The number of nitrogens with zero attached hydrogens (tertiary/aromatic N) is 1. The van der Waals surface area contributed by atoms with Crippen molar-refractivity contribution in [3.63, 3.8) is 0 Å². The van der Waals surface area contributed by atoms with Crippen LogP contribution in [0.15, 0.2) is 36.5 Å². The van der Waals surface area contributed by atoms with Gasteiger partial charge in [-0.1, -0.05) is 29.3 Å². The first kappa shape index (κ1) is 24.2. The van der Waals surface area contributed by atoms with E-state index in [-0.39, 0.29) is 44.5 Å². The van der Waals surface area contributed by atoms with Crippen LogP contribution in [0.1, 0.15) is 27.2 Å². The second-order valence-corrected chi connectivity index (χ2v) is 9.79. The van der Waals surface area contributed by atoms with Gasteiger partial charge < -0.3 is 10.1 Å². The van der Waals surface area contributed by atoms with E-state index in [2.05, 4.69) is 15.6 Å². The van der Waals surface area contributed by atoms with Crippen molar-refractivity contribution in [2.24, 2.45) is 5.92 Å². The predicted octanol–water partition coefficient (Wildman–Crippen LogP) is 6.99. The van der Waals surface area contributed by atoms with Crippen LogP contribution >= 0.6 is 23.2 Å². The Morgan fingerprint density at radius 1 is 1.15 bits per heavy atom. The molecule has 10 heteroatoms. The van der Waals surface area contributed by atoms with Crippen LogP contribution < -0.4 is 10.6 Å². The molecule has 1 heterocycles. The fourth-order valence-electron chi connectivity index (χ4n) is 3.46. The summed E-state index contributed by atoms with van der Waals surface area (Å²) in [5.41, 5.74) is -0.733. The normalized spacial score (nSPS) is 17.4. The Bertz CT molecular complexity index is 1290. The first-order valence-electron chi connectivity index (χ1n) is 10.5. The van der Waals surface area contributed by atoms with Crippen LogP contribution in [0.4, 0.5) is 25.1 Å². The van der Waals surface area contributed by atoms with Crippen molar-refractivity contribution >= 4 is 57.5 Å². The summed E-state index contributed by atoms with van der Waals surface area (Å²) in [6, 6.07) is 7.74. The topological polar surface area (TPSA) is 80.3 Å². The number of alkyl halides is 1. The maximum Gasteiger partial charge on any atom is 0.412 e. The maximum absolute atomic E-state index is 15.8. The third kappa shape index (κ3) is 5.08. The average Bonchev–Trinajstić information content (AvgIpc) is 3.46. The number of carbonyl (C=O) groups excluding carboxylic acids is 2. The summed E-state index contributed by atoms with van der Waals surface area (Å²) >= 11 is 12.6.